The summed E-state index contributed by atoms with van der Waals surface area (Å²) in [7, 11) is 4.23. The van der Waals surface area contributed by atoms with Crippen LogP contribution >= 0.6 is 0 Å². The van der Waals surface area contributed by atoms with E-state index in [9.17, 15) is 5.11 Å². The lowest BCUT2D eigenvalue weighted by Gasteiger charge is -2.23. The van der Waals surface area contributed by atoms with E-state index in [0.29, 0.717) is 18.8 Å². The van der Waals surface area contributed by atoms with E-state index in [-0.39, 0.29) is 0 Å². The zero-order valence-electron chi connectivity index (χ0n) is 11.9. The Morgan fingerprint density at radius 2 is 2.42 bits per heavy atom. The summed E-state index contributed by atoms with van der Waals surface area (Å²) in [5, 5.41) is 14.1. The number of likely N-dealkylation sites (tertiary alicyclic amines) is 1. The van der Waals surface area contributed by atoms with Gasteiger partial charge in [0.2, 0.25) is 0 Å². The molecule has 1 fully saturated rings. The van der Waals surface area contributed by atoms with Gasteiger partial charge in [0.15, 0.2) is 0 Å². The molecule has 0 bridgehead atoms. The normalized spacial score (nSPS) is 22.2. The van der Waals surface area contributed by atoms with E-state index < -0.39 is 6.10 Å². The Labute approximate surface area is 114 Å². The summed E-state index contributed by atoms with van der Waals surface area (Å²) < 4.78 is 1.69. The highest BCUT2D eigenvalue weighted by Gasteiger charge is 2.21. The van der Waals surface area contributed by atoms with Gasteiger partial charge in [0.1, 0.15) is 0 Å². The van der Waals surface area contributed by atoms with Gasteiger partial charge < -0.3 is 20.6 Å². The maximum Gasteiger partial charge on any atom is 0.0862 e. The Hall–Kier alpha value is -1.11. The predicted octanol–water partition coefficient (Wildman–Crippen LogP) is -0.290. The van der Waals surface area contributed by atoms with Crippen molar-refractivity contribution < 1.29 is 5.11 Å². The molecule has 0 radical (unpaired) electrons. The van der Waals surface area contributed by atoms with Crippen molar-refractivity contribution >= 4 is 5.69 Å². The zero-order valence-corrected chi connectivity index (χ0v) is 11.9. The zero-order chi connectivity index (χ0) is 13.8. The van der Waals surface area contributed by atoms with Crippen LogP contribution in [0.4, 0.5) is 5.69 Å². The van der Waals surface area contributed by atoms with Crippen molar-refractivity contribution in [3.63, 3.8) is 0 Å². The molecule has 1 aromatic rings. The minimum Gasteiger partial charge on any atom is -0.396 e. The molecule has 19 heavy (non-hydrogen) atoms. The van der Waals surface area contributed by atoms with Crippen molar-refractivity contribution in [3.05, 3.63) is 12.4 Å². The molecular weight excluding hydrogens is 242 g/mol. The molecule has 3 N–H and O–H groups in total. The number of nitrogens with two attached hydrogens (primary N) is 1. The molecule has 0 aromatic carbocycles. The van der Waals surface area contributed by atoms with Gasteiger partial charge in [-0.3, -0.25) is 4.68 Å². The fourth-order valence-corrected chi connectivity index (χ4v) is 2.80. The Balaban J connectivity index is 1.70. The van der Waals surface area contributed by atoms with E-state index in [4.69, 9.17) is 5.73 Å². The second kappa shape index (κ2) is 6.36. The third-order valence-electron chi connectivity index (χ3n) is 3.63. The first-order valence-electron chi connectivity index (χ1n) is 6.86. The highest BCUT2D eigenvalue weighted by atomic mass is 16.3. The molecule has 0 saturated carbocycles. The second-order valence-electron chi connectivity index (χ2n) is 5.79. The summed E-state index contributed by atoms with van der Waals surface area (Å²) in [5.74, 6) is 0.725. The third-order valence-corrected chi connectivity index (χ3v) is 3.63. The maximum atomic E-state index is 10.1. The largest absolute Gasteiger partial charge is 0.396 e. The SMILES string of the molecule is CN1CCC(CN(C)CC(O)Cn2cc(N)cn2)C1. The summed E-state index contributed by atoms with van der Waals surface area (Å²) in [6.07, 6.45) is 4.19. The number of aromatic nitrogens is 2. The van der Waals surface area contributed by atoms with Gasteiger partial charge in [-0.25, -0.2) is 0 Å². The van der Waals surface area contributed by atoms with Crippen LogP contribution in [0.1, 0.15) is 6.42 Å². The average Bonchev–Trinajstić information content (AvgIpc) is 2.87. The molecule has 2 unspecified atom stereocenters. The Morgan fingerprint density at radius 3 is 3.00 bits per heavy atom. The molecule has 2 atom stereocenters. The minimum atomic E-state index is -0.413. The molecule has 1 aliphatic heterocycles. The molecule has 2 heterocycles. The Morgan fingerprint density at radius 1 is 1.63 bits per heavy atom. The number of nitrogens with zero attached hydrogens (tertiary/aromatic N) is 4. The van der Waals surface area contributed by atoms with Gasteiger partial charge >= 0.3 is 0 Å². The highest BCUT2D eigenvalue weighted by Crippen LogP contribution is 2.15. The average molecular weight is 267 g/mol. The first-order valence-corrected chi connectivity index (χ1v) is 6.86. The van der Waals surface area contributed by atoms with Crippen LogP contribution < -0.4 is 5.73 Å². The second-order valence-corrected chi connectivity index (χ2v) is 5.79. The summed E-state index contributed by atoms with van der Waals surface area (Å²) in [4.78, 5) is 4.57. The van der Waals surface area contributed by atoms with E-state index in [2.05, 4.69) is 29.0 Å². The van der Waals surface area contributed by atoms with Crippen LogP contribution in [0, 0.1) is 5.92 Å². The molecule has 108 valence electrons. The van der Waals surface area contributed by atoms with Crippen LogP contribution in [0.3, 0.4) is 0 Å². The lowest BCUT2D eigenvalue weighted by atomic mass is 10.1. The van der Waals surface area contributed by atoms with Crippen molar-refractivity contribution in [1.82, 2.24) is 19.6 Å². The summed E-state index contributed by atoms with van der Waals surface area (Å²) >= 11 is 0. The number of nitrogen functional groups attached to an aromatic ring is 1. The van der Waals surface area contributed by atoms with Crippen LogP contribution in [-0.2, 0) is 6.54 Å². The fourth-order valence-electron chi connectivity index (χ4n) is 2.80. The van der Waals surface area contributed by atoms with Crippen molar-refractivity contribution in [1.29, 1.82) is 0 Å². The Bertz CT molecular complexity index is 394. The van der Waals surface area contributed by atoms with Crippen LogP contribution in [0.2, 0.25) is 0 Å². The summed E-state index contributed by atoms with van der Waals surface area (Å²) in [6.45, 7) is 4.55. The van der Waals surface area contributed by atoms with Gasteiger partial charge in [-0.1, -0.05) is 0 Å². The predicted molar refractivity (Wildman–Crippen MR) is 75.7 cm³/mol. The van der Waals surface area contributed by atoms with Gasteiger partial charge in [0, 0.05) is 25.8 Å². The number of rotatable bonds is 6. The van der Waals surface area contributed by atoms with Crippen LogP contribution in [0.5, 0.6) is 0 Å². The maximum absolute atomic E-state index is 10.1. The van der Waals surface area contributed by atoms with Gasteiger partial charge in [-0.2, -0.15) is 5.10 Å². The molecule has 2 rings (SSSR count). The first-order chi connectivity index (χ1) is 9.02. The standard InChI is InChI=1S/C13H25N5O/c1-16-4-3-11(6-16)7-17(2)9-13(19)10-18-8-12(14)5-15-18/h5,8,11,13,19H,3-4,6-7,9-10,14H2,1-2H3. The van der Waals surface area contributed by atoms with Gasteiger partial charge in [0.25, 0.3) is 0 Å². The van der Waals surface area contributed by atoms with E-state index in [1.54, 1.807) is 17.1 Å². The molecule has 1 aromatic heterocycles. The summed E-state index contributed by atoms with van der Waals surface area (Å²) in [6, 6.07) is 0. The molecular formula is C13H25N5O. The monoisotopic (exact) mass is 267 g/mol. The highest BCUT2D eigenvalue weighted by molar-refractivity contribution is 5.30. The van der Waals surface area contributed by atoms with Crippen LogP contribution in [0.25, 0.3) is 0 Å². The van der Waals surface area contributed by atoms with Gasteiger partial charge in [0.05, 0.1) is 24.5 Å². The molecule has 0 aliphatic carbocycles. The van der Waals surface area contributed by atoms with Crippen LogP contribution in [-0.4, -0.2) is 71.1 Å². The lowest BCUT2D eigenvalue weighted by molar-refractivity contribution is 0.0999. The lowest BCUT2D eigenvalue weighted by Crippen LogP contribution is -2.35. The van der Waals surface area contributed by atoms with Crippen molar-refractivity contribution in [3.8, 4) is 0 Å². The third kappa shape index (κ3) is 4.49. The van der Waals surface area contributed by atoms with Crippen molar-refractivity contribution in [2.24, 2.45) is 5.92 Å². The molecule has 1 saturated heterocycles. The van der Waals surface area contributed by atoms with E-state index in [0.717, 1.165) is 19.0 Å². The van der Waals surface area contributed by atoms with Gasteiger partial charge in [-0.05, 0) is 33.0 Å². The molecule has 6 nitrogen and oxygen atoms in total. The number of likely N-dealkylation sites (N-methyl/N-ethyl adjacent to an activating group) is 1. The molecule has 0 spiro atoms. The summed E-state index contributed by atoms with van der Waals surface area (Å²) in [5.41, 5.74) is 6.23. The number of aliphatic hydroxyl groups excluding tert-OH is 1. The minimum absolute atomic E-state index is 0.413. The number of aliphatic hydroxyl groups is 1. The van der Waals surface area contributed by atoms with E-state index in [1.165, 1.54) is 13.0 Å². The molecule has 1 aliphatic rings. The number of hydrogen-bond donors (Lipinski definition) is 2. The van der Waals surface area contributed by atoms with E-state index >= 15 is 0 Å². The smallest absolute Gasteiger partial charge is 0.0862 e. The van der Waals surface area contributed by atoms with Crippen LogP contribution in [0.15, 0.2) is 12.4 Å². The number of anilines is 1. The topological polar surface area (TPSA) is 70.5 Å². The Kier molecular flexibility index (Phi) is 4.79. The quantitative estimate of drug-likeness (QED) is 0.741. The first kappa shape index (κ1) is 14.3. The van der Waals surface area contributed by atoms with Gasteiger partial charge in [-0.15, -0.1) is 0 Å². The fraction of sp³-hybridized carbons (Fsp3) is 0.769. The van der Waals surface area contributed by atoms with Crippen molar-refractivity contribution in [2.45, 2.75) is 19.1 Å². The van der Waals surface area contributed by atoms with Crippen molar-refractivity contribution in [2.75, 3.05) is 46.0 Å². The molecule has 6 heteroatoms. The molecule has 0 amide bonds. The van der Waals surface area contributed by atoms with E-state index in [1.807, 2.05) is 0 Å². The number of hydrogen-bond acceptors (Lipinski definition) is 5.